The maximum Gasteiger partial charge on any atom is 0.182 e. The molecule has 1 aromatic rings. The van der Waals surface area contributed by atoms with E-state index in [0.29, 0.717) is 10.9 Å². The lowest BCUT2D eigenvalue weighted by Crippen LogP contribution is -2.21. The van der Waals surface area contributed by atoms with Gasteiger partial charge in [0.25, 0.3) is 0 Å². The number of rotatable bonds is 3. The predicted octanol–water partition coefficient (Wildman–Crippen LogP) is 1.77. The fourth-order valence-corrected chi connectivity index (χ4v) is 2.57. The lowest BCUT2D eigenvalue weighted by atomic mass is 10.2. The molecule has 2 rings (SSSR count). The van der Waals surface area contributed by atoms with Gasteiger partial charge in [0.1, 0.15) is 0 Å². The Morgan fingerprint density at radius 1 is 1.71 bits per heavy atom. The van der Waals surface area contributed by atoms with Gasteiger partial charge in [-0.15, -0.1) is 11.3 Å². The van der Waals surface area contributed by atoms with Crippen molar-refractivity contribution in [2.75, 3.05) is 6.61 Å². The molecule has 1 fully saturated rings. The Kier molecular flexibility index (Phi) is 3.03. The Morgan fingerprint density at radius 2 is 2.57 bits per heavy atom. The van der Waals surface area contributed by atoms with E-state index in [-0.39, 0.29) is 0 Å². The van der Waals surface area contributed by atoms with E-state index in [1.807, 2.05) is 4.57 Å². The Hall–Kier alpha value is -0.610. The minimum Gasteiger partial charge on any atom is -0.376 e. The largest absolute Gasteiger partial charge is 0.376 e. The minimum absolute atomic E-state index is 0.336. The van der Waals surface area contributed by atoms with Crippen LogP contribution < -0.4 is 4.80 Å². The molecule has 1 saturated heterocycles. The van der Waals surface area contributed by atoms with Crippen LogP contribution in [-0.4, -0.2) is 17.3 Å². The molecule has 1 N–H and O–H groups in total. The van der Waals surface area contributed by atoms with Crippen molar-refractivity contribution >= 4 is 11.3 Å². The number of hydrogen-bond acceptors (Lipinski definition) is 3. The van der Waals surface area contributed by atoms with Crippen LogP contribution in [0.2, 0.25) is 0 Å². The summed E-state index contributed by atoms with van der Waals surface area (Å²) < 4.78 is 7.57. The monoisotopic (exact) mass is 212 g/mol. The third kappa shape index (κ3) is 2.07. The highest BCUT2D eigenvalue weighted by molar-refractivity contribution is 7.09. The van der Waals surface area contributed by atoms with Gasteiger partial charge >= 0.3 is 0 Å². The van der Waals surface area contributed by atoms with Gasteiger partial charge in [-0.05, 0) is 19.3 Å². The zero-order chi connectivity index (χ0) is 9.97. The summed E-state index contributed by atoms with van der Waals surface area (Å²) in [5, 5.41) is 7.78. The summed E-state index contributed by atoms with van der Waals surface area (Å²) in [6.45, 7) is 3.88. The van der Waals surface area contributed by atoms with Crippen molar-refractivity contribution in [2.45, 2.75) is 38.8 Å². The lowest BCUT2D eigenvalue weighted by molar-refractivity contribution is 0.0962. The second-order valence-corrected chi connectivity index (χ2v) is 4.76. The molecule has 0 radical (unpaired) electrons. The van der Waals surface area contributed by atoms with E-state index in [1.54, 1.807) is 11.3 Å². The number of nitrogens with zero attached hydrogens (tertiary/aromatic N) is 1. The van der Waals surface area contributed by atoms with Crippen molar-refractivity contribution < 1.29 is 4.74 Å². The van der Waals surface area contributed by atoms with Crippen molar-refractivity contribution in [3.8, 4) is 0 Å². The smallest absolute Gasteiger partial charge is 0.182 e. The number of aryl methyl sites for hydroxylation is 1. The van der Waals surface area contributed by atoms with Gasteiger partial charge in [-0.1, -0.05) is 6.92 Å². The van der Waals surface area contributed by atoms with Crippen molar-refractivity contribution in [3.05, 3.63) is 15.9 Å². The van der Waals surface area contributed by atoms with Crippen molar-refractivity contribution in [2.24, 2.45) is 0 Å². The molecular formula is C10H16N2OS. The Bertz CT molecular complexity index is 349. The van der Waals surface area contributed by atoms with Crippen LogP contribution >= 0.6 is 11.3 Å². The highest BCUT2D eigenvalue weighted by atomic mass is 32.1. The SMILES string of the molecule is CCc1cn(CC2CCCO2)c(=N)s1. The number of aromatic nitrogens is 1. The first-order valence-electron chi connectivity index (χ1n) is 5.15. The van der Waals surface area contributed by atoms with E-state index in [9.17, 15) is 0 Å². The van der Waals surface area contributed by atoms with Gasteiger partial charge in [0, 0.05) is 17.7 Å². The molecule has 0 saturated carbocycles. The maximum absolute atomic E-state index is 7.78. The molecule has 3 nitrogen and oxygen atoms in total. The first-order valence-corrected chi connectivity index (χ1v) is 5.96. The summed E-state index contributed by atoms with van der Waals surface area (Å²) in [5.41, 5.74) is 0. The summed E-state index contributed by atoms with van der Waals surface area (Å²) >= 11 is 1.57. The molecule has 2 heterocycles. The van der Waals surface area contributed by atoms with Gasteiger partial charge in [0.15, 0.2) is 4.80 Å². The predicted molar refractivity (Wildman–Crippen MR) is 56.5 cm³/mol. The highest BCUT2D eigenvalue weighted by Crippen LogP contribution is 2.14. The molecule has 0 spiro atoms. The van der Waals surface area contributed by atoms with Gasteiger partial charge in [-0.25, -0.2) is 0 Å². The maximum atomic E-state index is 7.78. The normalized spacial score (nSPS) is 21.6. The Balaban J connectivity index is 2.07. The molecule has 1 aromatic heterocycles. The molecule has 0 bridgehead atoms. The van der Waals surface area contributed by atoms with E-state index < -0.39 is 0 Å². The molecule has 4 heteroatoms. The van der Waals surface area contributed by atoms with Crippen LogP contribution in [0.1, 0.15) is 24.6 Å². The second-order valence-electron chi connectivity index (χ2n) is 3.64. The van der Waals surface area contributed by atoms with Crippen LogP contribution in [0.25, 0.3) is 0 Å². The fraction of sp³-hybridized carbons (Fsp3) is 0.700. The number of nitrogens with one attached hydrogen (secondary N) is 1. The van der Waals surface area contributed by atoms with Crippen LogP contribution in [0.3, 0.4) is 0 Å². The average molecular weight is 212 g/mol. The standard InChI is InChI=1S/C10H16N2OS/c1-2-9-7-12(10(11)14-9)6-8-4-3-5-13-8/h7-8,11H,2-6H2,1H3. The van der Waals surface area contributed by atoms with E-state index >= 15 is 0 Å². The quantitative estimate of drug-likeness (QED) is 0.814. The molecule has 0 amide bonds. The third-order valence-electron chi connectivity index (χ3n) is 2.56. The van der Waals surface area contributed by atoms with E-state index in [1.165, 1.54) is 11.3 Å². The van der Waals surface area contributed by atoms with Crippen LogP contribution in [0.5, 0.6) is 0 Å². The summed E-state index contributed by atoms with van der Waals surface area (Å²) in [6, 6.07) is 0. The van der Waals surface area contributed by atoms with E-state index in [4.69, 9.17) is 10.1 Å². The van der Waals surface area contributed by atoms with Gasteiger partial charge in [-0.2, -0.15) is 0 Å². The molecule has 1 aliphatic rings. The van der Waals surface area contributed by atoms with E-state index in [2.05, 4.69) is 13.1 Å². The molecule has 1 unspecified atom stereocenters. The van der Waals surface area contributed by atoms with Crippen LogP contribution in [0, 0.1) is 5.41 Å². The third-order valence-corrected chi connectivity index (χ3v) is 3.65. The summed E-state index contributed by atoms with van der Waals surface area (Å²) in [7, 11) is 0. The first kappa shape index (κ1) is 9.93. The van der Waals surface area contributed by atoms with Crippen LogP contribution in [0.15, 0.2) is 6.20 Å². The molecule has 0 aromatic carbocycles. The van der Waals surface area contributed by atoms with E-state index in [0.717, 1.165) is 26.0 Å². The van der Waals surface area contributed by atoms with Gasteiger partial charge in [0.2, 0.25) is 0 Å². The number of thiazole rings is 1. The molecule has 78 valence electrons. The zero-order valence-corrected chi connectivity index (χ0v) is 9.27. The molecule has 14 heavy (non-hydrogen) atoms. The summed E-state index contributed by atoms with van der Waals surface area (Å²) in [5.74, 6) is 0. The number of hydrogen-bond donors (Lipinski definition) is 1. The van der Waals surface area contributed by atoms with Crippen LogP contribution in [-0.2, 0) is 17.7 Å². The van der Waals surface area contributed by atoms with Crippen molar-refractivity contribution in [3.63, 3.8) is 0 Å². The van der Waals surface area contributed by atoms with Crippen LogP contribution in [0.4, 0.5) is 0 Å². The summed E-state index contributed by atoms with van der Waals surface area (Å²) in [4.78, 5) is 1.94. The topological polar surface area (TPSA) is 38.0 Å². The van der Waals surface area contributed by atoms with Crippen molar-refractivity contribution in [1.82, 2.24) is 4.57 Å². The Labute approximate surface area is 87.8 Å². The second kappa shape index (κ2) is 4.28. The summed E-state index contributed by atoms with van der Waals surface area (Å²) in [6.07, 6.45) is 5.76. The molecule has 1 atom stereocenters. The van der Waals surface area contributed by atoms with Gasteiger partial charge < -0.3 is 9.30 Å². The fourth-order valence-electron chi connectivity index (χ4n) is 1.75. The average Bonchev–Trinajstić information content (AvgIpc) is 2.78. The molecule has 0 aliphatic carbocycles. The molecular weight excluding hydrogens is 196 g/mol. The minimum atomic E-state index is 0.336. The Morgan fingerprint density at radius 3 is 3.14 bits per heavy atom. The highest BCUT2D eigenvalue weighted by Gasteiger charge is 2.16. The van der Waals surface area contributed by atoms with Gasteiger partial charge in [-0.3, -0.25) is 5.41 Å². The zero-order valence-electron chi connectivity index (χ0n) is 8.45. The molecule has 1 aliphatic heterocycles. The first-order chi connectivity index (χ1) is 6.79. The van der Waals surface area contributed by atoms with Gasteiger partial charge in [0.05, 0.1) is 12.6 Å². The number of ether oxygens (including phenoxy) is 1. The van der Waals surface area contributed by atoms with Crippen molar-refractivity contribution in [1.29, 1.82) is 5.41 Å². The lowest BCUT2D eigenvalue weighted by Gasteiger charge is -2.09.